The molecule has 0 fully saturated rings. The fraction of sp³-hybridized carbons (Fsp3) is 0.458. The summed E-state index contributed by atoms with van der Waals surface area (Å²) in [4.78, 5) is 11.0. The van der Waals surface area contributed by atoms with Crippen molar-refractivity contribution in [3.63, 3.8) is 0 Å². The zero-order chi connectivity index (χ0) is 19.4. The lowest BCUT2D eigenvalue weighted by Crippen LogP contribution is -2.14. The maximum Gasteiger partial charge on any atom is 0.127 e. The third-order valence-electron chi connectivity index (χ3n) is 5.56. The van der Waals surface area contributed by atoms with Gasteiger partial charge in [0.05, 0.1) is 6.61 Å². The van der Waals surface area contributed by atoms with E-state index in [1.165, 1.54) is 0 Å². The summed E-state index contributed by atoms with van der Waals surface area (Å²) in [5, 5.41) is 0. The maximum atomic E-state index is 14.7. The van der Waals surface area contributed by atoms with E-state index in [4.69, 9.17) is 4.74 Å². The minimum Gasteiger partial charge on any atom is -0.494 e. The molecule has 0 N–H and O–H groups in total. The van der Waals surface area contributed by atoms with E-state index in [0.29, 0.717) is 13.0 Å². The molecule has 3 heteroatoms. The van der Waals surface area contributed by atoms with Crippen LogP contribution in [0.5, 0.6) is 5.75 Å². The highest BCUT2D eigenvalue weighted by atomic mass is 19.1. The maximum absolute atomic E-state index is 14.7. The summed E-state index contributed by atoms with van der Waals surface area (Å²) in [5.74, 6) is 0.765. The monoisotopic (exact) mass is 368 g/mol. The number of aryl methyl sites for hydroxylation is 3. The van der Waals surface area contributed by atoms with Crippen molar-refractivity contribution >= 4 is 6.29 Å². The molecule has 2 aromatic carbocycles. The van der Waals surface area contributed by atoms with Crippen LogP contribution in [0.25, 0.3) is 0 Å². The molecule has 0 atom stereocenters. The Morgan fingerprint density at radius 3 is 2.70 bits per heavy atom. The van der Waals surface area contributed by atoms with Crippen LogP contribution in [0.3, 0.4) is 0 Å². The van der Waals surface area contributed by atoms with Gasteiger partial charge in [-0.1, -0.05) is 32.9 Å². The highest BCUT2D eigenvalue weighted by Gasteiger charge is 2.32. The van der Waals surface area contributed by atoms with Crippen molar-refractivity contribution in [2.24, 2.45) is 0 Å². The minimum atomic E-state index is -0.0712. The second-order valence-corrected chi connectivity index (χ2v) is 8.15. The molecule has 0 bridgehead atoms. The Bertz CT molecular complexity index is 823. The van der Waals surface area contributed by atoms with E-state index in [9.17, 15) is 9.18 Å². The number of hydrogen-bond acceptors (Lipinski definition) is 2. The first-order chi connectivity index (χ1) is 12.9. The second-order valence-electron chi connectivity index (χ2n) is 8.15. The molecule has 0 aromatic heterocycles. The predicted octanol–water partition coefficient (Wildman–Crippen LogP) is 5.36. The number of ether oxygens (including phenoxy) is 1. The number of benzene rings is 2. The topological polar surface area (TPSA) is 26.3 Å². The third-order valence-corrected chi connectivity index (χ3v) is 5.56. The van der Waals surface area contributed by atoms with Gasteiger partial charge in [0, 0.05) is 6.42 Å². The molecule has 0 saturated carbocycles. The van der Waals surface area contributed by atoms with Gasteiger partial charge in [0.25, 0.3) is 0 Å². The molecule has 2 aromatic rings. The summed E-state index contributed by atoms with van der Waals surface area (Å²) >= 11 is 0. The van der Waals surface area contributed by atoms with Gasteiger partial charge >= 0.3 is 0 Å². The van der Waals surface area contributed by atoms with Gasteiger partial charge in [0.15, 0.2) is 0 Å². The van der Waals surface area contributed by atoms with Gasteiger partial charge in [-0.25, -0.2) is 4.39 Å². The molecule has 1 aliphatic rings. The van der Waals surface area contributed by atoms with Gasteiger partial charge in [-0.15, -0.1) is 0 Å². The van der Waals surface area contributed by atoms with Gasteiger partial charge in [-0.3, -0.25) is 0 Å². The summed E-state index contributed by atoms with van der Waals surface area (Å²) in [7, 11) is 0. The normalized spacial score (nSPS) is 14.8. The largest absolute Gasteiger partial charge is 0.494 e. The Balaban J connectivity index is 1.80. The van der Waals surface area contributed by atoms with Crippen LogP contribution in [0.4, 0.5) is 4.39 Å². The standard InChI is InChI=1S/C24H29FO2/c1-4-13-27-21-8-7-18(10-12-26)19(16-21)6-5-17-14-20-9-11-24(2,3)23(20)22(25)15-17/h7-8,12,14-16H,4-6,9-11,13H2,1-3H3. The molecule has 2 nitrogen and oxygen atoms in total. The lowest BCUT2D eigenvalue weighted by atomic mass is 9.85. The summed E-state index contributed by atoms with van der Waals surface area (Å²) in [5.41, 5.74) is 5.14. The van der Waals surface area contributed by atoms with Crippen LogP contribution < -0.4 is 4.74 Å². The van der Waals surface area contributed by atoms with Crippen LogP contribution in [0, 0.1) is 5.82 Å². The molecule has 144 valence electrons. The smallest absolute Gasteiger partial charge is 0.127 e. The fourth-order valence-corrected chi connectivity index (χ4v) is 4.11. The van der Waals surface area contributed by atoms with Gasteiger partial charge < -0.3 is 9.53 Å². The van der Waals surface area contributed by atoms with Gasteiger partial charge in [-0.2, -0.15) is 0 Å². The molecule has 1 aliphatic carbocycles. The van der Waals surface area contributed by atoms with E-state index in [1.54, 1.807) is 6.07 Å². The summed E-state index contributed by atoms with van der Waals surface area (Å²) in [6.45, 7) is 6.99. The molecule has 0 spiro atoms. The molecule has 0 aliphatic heterocycles. The van der Waals surface area contributed by atoms with Crippen molar-refractivity contribution in [2.75, 3.05) is 6.61 Å². The van der Waals surface area contributed by atoms with Crippen molar-refractivity contribution in [1.82, 2.24) is 0 Å². The average Bonchev–Trinajstić information content (AvgIpc) is 2.95. The lowest BCUT2D eigenvalue weighted by molar-refractivity contribution is -0.107. The highest BCUT2D eigenvalue weighted by molar-refractivity contribution is 5.57. The van der Waals surface area contributed by atoms with E-state index in [-0.39, 0.29) is 11.2 Å². The number of hydrogen-bond donors (Lipinski definition) is 0. The number of fused-ring (bicyclic) bond motifs is 1. The zero-order valence-corrected chi connectivity index (χ0v) is 16.6. The summed E-state index contributed by atoms with van der Waals surface area (Å²) in [6, 6.07) is 9.80. The van der Waals surface area contributed by atoms with Crippen LogP contribution in [0.15, 0.2) is 30.3 Å². The Hall–Kier alpha value is -2.16. The van der Waals surface area contributed by atoms with Crippen molar-refractivity contribution in [3.05, 3.63) is 64.0 Å². The molecule has 3 rings (SSSR count). The highest BCUT2D eigenvalue weighted by Crippen LogP contribution is 2.40. The van der Waals surface area contributed by atoms with Gasteiger partial charge in [0.2, 0.25) is 0 Å². The summed E-state index contributed by atoms with van der Waals surface area (Å²) < 4.78 is 20.4. The fourth-order valence-electron chi connectivity index (χ4n) is 4.11. The molecule has 0 radical (unpaired) electrons. The van der Waals surface area contributed by atoms with E-state index >= 15 is 0 Å². The van der Waals surface area contributed by atoms with E-state index in [0.717, 1.165) is 72.0 Å². The number of rotatable bonds is 8. The van der Waals surface area contributed by atoms with E-state index in [1.807, 2.05) is 18.2 Å². The molecular formula is C24H29FO2. The molecule has 27 heavy (non-hydrogen) atoms. The molecule has 0 saturated heterocycles. The van der Waals surface area contributed by atoms with Crippen LogP contribution in [-0.4, -0.2) is 12.9 Å². The van der Waals surface area contributed by atoms with Crippen molar-refractivity contribution in [2.45, 2.75) is 64.7 Å². The Morgan fingerprint density at radius 2 is 1.96 bits per heavy atom. The number of halogens is 1. The average molecular weight is 368 g/mol. The molecule has 0 unspecified atom stereocenters. The third kappa shape index (κ3) is 4.40. The number of aldehydes is 1. The first kappa shape index (κ1) is 19.6. The van der Waals surface area contributed by atoms with Crippen molar-refractivity contribution in [3.8, 4) is 5.75 Å². The van der Waals surface area contributed by atoms with Crippen LogP contribution in [-0.2, 0) is 35.9 Å². The second kappa shape index (κ2) is 8.24. The van der Waals surface area contributed by atoms with E-state index < -0.39 is 0 Å². The van der Waals surface area contributed by atoms with E-state index in [2.05, 4.69) is 26.8 Å². The first-order valence-electron chi connectivity index (χ1n) is 9.94. The zero-order valence-electron chi connectivity index (χ0n) is 16.6. The Labute approximate surface area is 161 Å². The Kier molecular flexibility index (Phi) is 5.98. The Morgan fingerprint density at radius 1 is 1.15 bits per heavy atom. The van der Waals surface area contributed by atoms with Crippen molar-refractivity contribution < 1.29 is 13.9 Å². The lowest BCUT2D eigenvalue weighted by Gasteiger charge is -2.20. The molecule has 0 amide bonds. The molecule has 0 heterocycles. The van der Waals surface area contributed by atoms with Crippen molar-refractivity contribution in [1.29, 1.82) is 0 Å². The quantitative estimate of drug-likeness (QED) is 0.586. The molecular weight excluding hydrogens is 339 g/mol. The SMILES string of the molecule is CCCOc1ccc(CC=O)c(CCc2cc(F)c3c(c2)CCC3(C)C)c1. The van der Waals surface area contributed by atoms with Gasteiger partial charge in [0.1, 0.15) is 17.9 Å². The van der Waals surface area contributed by atoms with Crippen LogP contribution in [0.1, 0.15) is 61.4 Å². The van der Waals surface area contributed by atoms with Crippen LogP contribution in [0.2, 0.25) is 0 Å². The predicted molar refractivity (Wildman–Crippen MR) is 107 cm³/mol. The minimum absolute atomic E-state index is 0.0694. The summed E-state index contributed by atoms with van der Waals surface area (Å²) in [6.07, 6.45) is 5.77. The van der Waals surface area contributed by atoms with Gasteiger partial charge in [-0.05, 0) is 83.5 Å². The first-order valence-corrected chi connectivity index (χ1v) is 9.94. The number of carbonyl (C=O) groups is 1. The number of carbonyl (C=O) groups excluding carboxylic acids is 1. The van der Waals surface area contributed by atoms with Crippen LogP contribution >= 0.6 is 0 Å².